The van der Waals surface area contributed by atoms with E-state index >= 15 is 0 Å². The minimum absolute atomic E-state index is 0.0573. The van der Waals surface area contributed by atoms with Crippen LogP contribution >= 0.6 is 0 Å². The summed E-state index contributed by atoms with van der Waals surface area (Å²) in [6, 6.07) is 25.9. The van der Waals surface area contributed by atoms with Gasteiger partial charge in [0.2, 0.25) is 0 Å². The van der Waals surface area contributed by atoms with Gasteiger partial charge in [-0.05, 0) is 17.7 Å². The van der Waals surface area contributed by atoms with Gasteiger partial charge >= 0.3 is 6.09 Å². The molecular formula is C25H21NO3. The molecule has 4 nitrogen and oxygen atoms in total. The largest absolute Gasteiger partial charge is 0.445 e. The molecule has 0 saturated carbocycles. The zero-order valence-electron chi connectivity index (χ0n) is 15.9. The van der Waals surface area contributed by atoms with E-state index in [1.807, 2.05) is 66.7 Å². The quantitative estimate of drug-likeness (QED) is 0.385. The molecule has 0 bridgehead atoms. The van der Waals surface area contributed by atoms with Gasteiger partial charge in [0.15, 0.2) is 5.78 Å². The number of hydrogen-bond acceptors (Lipinski definition) is 3. The van der Waals surface area contributed by atoms with Crippen molar-refractivity contribution in [2.24, 2.45) is 0 Å². The standard InChI is InChI=1S/C25H21NO3/c27-24(22-15-5-2-6-16-22)23-17-8-7-13-21(23)14-9-10-18-26-25(28)29-19-20-11-3-1-4-12-20/h1-8,11-13,15-17H,10,18-19H2,(H,26,28). The number of ketones is 1. The Labute approximate surface area is 170 Å². The average molecular weight is 383 g/mol. The van der Waals surface area contributed by atoms with Crippen LogP contribution in [0.4, 0.5) is 4.79 Å². The minimum Gasteiger partial charge on any atom is -0.445 e. The van der Waals surface area contributed by atoms with E-state index < -0.39 is 6.09 Å². The van der Waals surface area contributed by atoms with Gasteiger partial charge in [-0.1, -0.05) is 84.6 Å². The molecule has 0 unspecified atom stereocenters. The number of amides is 1. The summed E-state index contributed by atoms with van der Waals surface area (Å²) in [4.78, 5) is 24.4. The molecule has 0 aliphatic rings. The summed E-state index contributed by atoms with van der Waals surface area (Å²) in [5.74, 6) is 5.98. The molecule has 0 aromatic heterocycles. The van der Waals surface area contributed by atoms with Crippen molar-refractivity contribution in [1.29, 1.82) is 0 Å². The predicted molar refractivity (Wildman–Crippen MR) is 112 cm³/mol. The van der Waals surface area contributed by atoms with Crippen LogP contribution in [0.2, 0.25) is 0 Å². The maximum Gasteiger partial charge on any atom is 0.407 e. The first-order chi connectivity index (χ1) is 14.2. The molecule has 4 heteroatoms. The summed E-state index contributed by atoms with van der Waals surface area (Å²) < 4.78 is 5.15. The lowest BCUT2D eigenvalue weighted by Crippen LogP contribution is -2.24. The molecule has 0 heterocycles. The van der Waals surface area contributed by atoms with E-state index in [-0.39, 0.29) is 12.4 Å². The lowest BCUT2D eigenvalue weighted by molar-refractivity contribution is 0.103. The Morgan fingerprint density at radius 2 is 1.48 bits per heavy atom. The predicted octanol–water partition coefficient (Wildman–Crippen LogP) is 4.59. The number of hydrogen-bond donors (Lipinski definition) is 1. The molecule has 0 spiro atoms. The monoisotopic (exact) mass is 383 g/mol. The summed E-state index contributed by atoms with van der Waals surface area (Å²) in [6.45, 7) is 0.600. The van der Waals surface area contributed by atoms with Crippen LogP contribution in [-0.4, -0.2) is 18.4 Å². The second-order valence-corrected chi connectivity index (χ2v) is 6.28. The van der Waals surface area contributed by atoms with Crippen LogP contribution in [0.25, 0.3) is 0 Å². The van der Waals surface area contributed by atoms with Crippen molar-refractivity contribution in [3.8, 4) is 11.8 Å². The molecule has 144 valence electrons. The Balaban J connectivity index is 1.51. The van der Waals surface area contributed by atoms with Gasteiger partial charge in [0.05, 0.1) is 0 Å². The van der Waals surface area contributed by atoms with Crippen molar-refractivity contribution in [2.45, 2.75) is 13.0 Å². The summed E-state index contributed by atoms with van der Waals surface area (Å²) in [7, 11) is 0. The smallest absolute Gasteiger partial charge is 0.407 e. The van der Waals surface area contributed by atoms with E-state index in [4.69, 9.17) is 4.74 Å². The zero-order chi connectivity index (χ0) is 20.3. The number of carbonyl (C=O) groups excluding carboxylic acids is 2. The van der Waals surface area contributed by atoms with Crippen molar-refractivity contribution in [2.75, 3.05) is 6.54 Å². The van der Waals surface area contributed by atoms with Crippen LogP contribution in [0, 0.1) is 11.8 Å². The first-order valence-corrected chi connectivity index (χ1v) is 9.36. The van der Waals surface area contributed by atoms with Gasteiger partial charge in [-0.2, -0.15) is 0 Å². The van der Waals surface area contributed by atoms with Crippen LogP contribution in [0.1, 0.15) is 33.5 Å². The van der Waals surface area contributed by atoms with Gasteiger partial charge in [-0.25, -0.2) is 4.79 Å². The van der Waals surface area contributed by atoms with Crippen molar-refractivity contribution in [3.05, 3.63) is 107 Å². The summed E-state index contributed by atoms with van der Waals surface area (Å²) in [6.07, 6.45) is -0.0239. The highest BCUT2D eigenvalue weighted by Gasteiger charge is 2.11. The van der Waals surface area contributed by atoms with E-state index in [2.05, 4.69) is 17.2 Å². The fourth-order valence-electron chi connectivity index (χ4n) is 2.69. The fourth-order valence-corrected chi connectivity index (χ4v) is 2.69. The third-order valence-electron chi connectivity index (χ3n) is 4.16. The van der Waals surface area contributed by atoms with Gasteiger partial charge in [0.25, 0.3) is 0 Å². The lowest BCUT2D eigenvalue weighted by atomic mass is 9.98. The molecule has 3 aromatic carbocycles. The van der Waals surface area contributed by atoms with E-state index in [0.717, 1.165) is 5.56 Å². The SMILES string of the molecule is O=C(NCCC#Cc1ccccc1C(=O)c1ccccc1)OCc1ccccc1. The Morgan fingerprint density at radius 1 is 0.828 bits per heavy atom. The number of carbonyl (C=O) groups is 2. The molecular weight excluding hydrogens is 362 g/mol. The molecule has 0 saturated heterocycles. The summed E-state index contributed by atoms with van der Waals surface area (Å²) in [5.41, 5.74) is 2.81. The fraction of sp³-hybridized carbons (Fsp3) is 0.120. The molecule has 0 aliphatic heterocycles. The van der Waals surface area contributed by atoms with Crippen molar-refractivity contribution < 1.29 is 14.3 Å². The zero-order valence-corrected chi connectivity index (χ0v) is 15.9. The lowest BCUT2D eigenvalue weighted by Gasteiger charge is -2.05. The van der Waals surface area contributed by atoms with Crippen molar-refractivity contribution >= 4 is 11.9 Å². The molecule has 0 radical (unpaired) electrons. The topological polar surface area (TPSA) is 55.4 Å². The third-order valence-corrected chi connectivity index (χ3v) is 4.16. The van der Waals surface area contributed by atoms with Gasteiger partial charge in [-0.3, -0.25) is 4.79 Å². The number of benzene rings is 3. The Hall–Kier alpha value is -3.84. The van der Waals surface area contributed by atoms with Crippen LogP contribution in [-0.2, 0) is 11.3 Å². The van der Waals surface area contributed by atoms with Crippen LogP contribution < -0.4 is 5.32 Å². The van der Waals surface area contributed by atoms with Gasteiger partial charge in [0.1, 0.15) is 6.61 Å². The van der Waals surface area contributed by atoms with Gasteiger partial charge in [-0.15, -0.1) is 0 Å². The Bertz CT molecular complexity index is 1020. The third kappa shape index (κ3) is 6.08. The number of rotatable bonds is 6. The van der Waals surface area contributed by atoms with E-state index in [1.54, 1.807) is 18.2 Å². The molecule has 0 aliphatic carbocycles. The highest BCUT2D eigenvalue weighted by Crippen LogP contribution is 2.13. The summed E-state index contributed by atoms with van der Waals surface area (Å²) >= 11 is 0. The molecule has 29 heavy (non-hydrogen) atoms. The second kappa shape index (κ2) is 10.5. The minimum atomic E-state index is -0.477. The molecule has 1 amide bonds. The van der Waals surface area contributed by atoms with Crippen LogP contribution in [0.5, 0.6) is 0 Å². The van der Waals surface area contributed by atoms with Gasteiger partial charge < -0.3 is 10.1 Å². The number of alkyl carbamates (subject to hydrolysis) is 1. The van der Waals surface area contributed by atoms with Crippen LogP contribution in [0.15, 0.2) is 84.9 Å². The van der Waals surface area contributed by atoms with Gasteiger partial charge in [0, 0.05) is 29.7 Å². The Morgan fingerprint density at radius 3 is 2.24 bits per heavy atom. The first-order valence-electron chi connectivity index (χ1n) is 9.36. The van der Waals surface area contributed by atoms with E-state index in [0.29, 0.717) is 29.7 Å². The first kappa shape index (κ1) is 19.9. The number of ether oxygens (including phenoxy) is 1. The normalized spacial score (nSPS) is 9.79. The molecule has 0 fully saturated rings. The average Bonchev–Trinajstić information content (AvgIpc) is 2.78. The maximum atomic E-state index is 12.7. The number of nitrogens with one attached hydrogen (secondary N) is 1. The maximum absolute atomic E-state index is 12.7. The van der Waals surface area contributed by atoms with E-state index in [9.17, 15) is 9.59 Å². The second-order valence-electron chi connectivity index (χ2n) is 6.28. The molecule has 3 aromatic rings. The highest BCUT2D eigenvalue weighted by atomic mass is 16.5. The van der Waals surface area contributed by atoms with Crippen molar-refractivity contribution in [1.82, 2.24) is 5.32 Å². The molecule has 3 rings (SSSR count). The summed E-state index contributed by atoms with van der Waals surface area (Å²) in [5, 5.41) is 2.67. The molecule has 1 N–H and O–H groups in total. The van der Waals surface area contributed by atoms with Crippen molar-refractivity contribution in [3.63, 3.8) is 0 Å². The van der Waals surface area contributed by atoms with E-state index in [1.165, 1.54) is 0 Å². The van der Waals surface area contributed by atoms with Crippen LogP contribution in [0.3, 0.4) is 0 Å². The Kier molecular flexibility index (Phi) is 7.20. The molecule has 0 atom stereocenters. The highest BCUT2D eigenvalue weighted by molar-refractivity contribution is 6.10.